The van der Waals surface area contributed by atoms with Crippen LogP contribution in [0.5, 0.6) is 23.0 Å². The zero-order valence-electron chi connectivity index (χ0n) is 51.2. The van der Waals surface area contributed by atoms with E-state index in [1.165, 1.54) is 38.2 Å². The Labute approximate surface area is 522 Å². The molecule has 0 spiro atoms. The monoisotopic (exact) mass is 1260 g/mol. The van der Waals surface area contributed by atoms with Crippen molar-refractivity contribution in [3.05, 3.63) is 89.5 Å². The quantitative estimate of drug-likeness (QED) is 0.0351. The molecule has 3 aromatic carbocycles. The van der Waals surface area contributed by atoms with Crippen LogP contribution in [0.4, 0.5) is 26.7 Å². The molecule has 2 saturated heterocycles. The number of aliphatic hydroxyl groups excluding tert-OH is 1. The Balaban J connectivity index is 0.734. The molecule has 3 aromatic rings. The van der Waals surface area contributed by atoms with Gasteiger partial charge < -0.3 is 64.0 Å². The van der Waals surface area contributed by atoms with Crippen LogP contribution in [-0.4, -0.2) is 168 Å². The molecule has 6 aliphatic rings. The number of nitrogens with one attached hydrogen (secondary N) is 5. The molecular weight excluding hydrogens is 1190 g/mol. The molecule has 7 amide bonds. The lowest BCUT2D eigenvalue weighted by Crippen LogP contribution is -2.54. The summed E-state index contributed by atoms with van der Waals surface area (Å²) in [4.78, 5) is 103. The summed E-state index contributed by atoms with van der Waals surface area (Å²) in [5.41, 5.74) is 3.38. The summed E-state index contributed by atoms with van der Waals surface area (Å²) in [5, 5.41) is 19.9. The van der Waals surface area contributed by atoms with E-state index in [2.05, 4.69) is 50.7 Å². The molecule has 4 heterocycles. The summed E-state index contributed by atoms with van der Waals surface area (Å²) in [7, 11) is -1.37. The van der Waals surface area contributed by atoms with E-state index in [-0.39, 0.29) is 98.5 Å². The van der Waals surface area contributed by atoms with Gasteiger partial charge in [-0.3, -0.25) is 29.0 Å². The first-order chi connectivity index (χ1) is 43.0. The molecule has 9 atom stereocenters. The molecule has 4 aliphatic heterocycles. The number of fused-ring (bicyclic) bond motifs is 5. The topological polar surface area (TPSA) is 321 Å². The molecular formula is C63H77N9O17S. The number of aliphatic hydroxyl groups is 1. The van der Waals surface area contributed by atoms with Crippen LogP contribution in [0.2, 0.25) is 0 Å². The number of carbonyl (C=O) groups excluding carboxylic acids is 7. The Morgan fingerprint density at radius 2 is 1.42 bits per heavy atom. The van der Waals surface area contributed by atoms with Crippen molar-refractivity contribution in [3.8, 4) is 34.8 Å². The third kappa shape index (κ3) is 15.8. The van der Waals surface area contributed by atoms with Gasteiger partial charge in [0.05, 0.1) is 62.0 Å². The second-order valence-electron chi connectivity index (χ2n) is 23.4. The fraction of sp³-hybridized carbons (Fsp3) is 0.492. The maximum atomic E-state index is 14.2. The summed E-state index contributed by atoms with van der Waals surface area (Å²) in [6, 6.07) is 8.66. The van der Waals surface area contributed by atoms with Crippen LogP contribution in [0, 0.1) is 29.6 Å². The lowest BCUT2D eigenvalue weighted by Gasteiger charge is -2.31. The van der Waals surface area contributed by atoms with Crippen LogP contribution >= 0.6 is 0 Å². The van der Waals surface area contributed by atoms with Crippen LogP contribution < -0.4 is 49.2 Å². The molecule has 6 N–H and O–H groups in total. The molecule has 0 bridgehead atoms. The lowest BCUT2D eigenvalue weighted by molar-refractivity contribution is -0.133. The number of rotatable bonds is 25. The number of benzene rings is 3. The largest absolute Gasteiger partial charge is 0.493 e. The Kier molecular flexibility index (Phi) is 21.1. The number of hydrogen-bond donors (Lipinski definition) is 6. The van der Waals surface area contributed by atoms with Gasteiger partial charge in [-0.15, -0.1) is 11.8 Å². The van der Waals surface area contributed by atoms with Gasteiger partial charge in [0.25, 0.3) is 11.8 Å². The third-order valence-electron chi connectivity index (χ3n) is 16.3. The number of anilines is 2. The molecule has 0 aromatic heterocycles. The molecule has 0 radical (unpaired) electrons. The highest BCUT2D eigenvalue weighted by atomic mass is 32.2. The Bertz CT molecular complexity index is 3480. The van der Waals surface area contributed by atoms with E-state index in [0.717, 1.165) is 23.3 Å². The third-order valence-corrected chi connectivity index (χ3v) is 17.5. The summed E-state index contributed by atoms with van der Waals surface area (Å²) < 4.78 is 69.7. The van der Waals surface area contributed by atoms with E-state index >= 15 is 0 Å². The van der Waals surface area contributed by atoms with Gasteiger partial charge in [-0.2, -0.15) is 13.1 Å². The van der Waals surface area contributed by atoms with Gasteiger partial charge in [0.2, 0.25) is 17.7 Å². The van der Waals surface area contributed by atoms with Crippen molar-refractivity contribution < 1.29 is 80.2 Å². The molecule has 482 valence electrons. The van der Waals surface area contributed by atoms with Crippen LogP contribution in [0.15, 0.2) is 77.8 Å². The van der Waals surface area contributed by atoms with E-state index in [1.807, 2.05) is 4.72 Å². The van der Waals surface area contributed by atoms with Gasteiger partial charge >= 0.3 is 22.4 Å². The number of carbonyl (C=O) groups is 7. The van der Waals surface area contributed by atoms with Gasteiger partial charge in [-0.1, -0.05) is 50.3 Å². The van der Waals surface area contributed by atoms with E-state index < -0.39 is 88.9 Å². The smallest absolute Gasteiger partial charge is 0.422 e. The van der Waals surface area contributed by atoms with Gasteiger partial charge in [-0.25, -0.2) is 19.2 Å². The fourth-order valence-corrected chi connectivity index (χ4v) is 12.5. The summed E-state index contributed by atoms with van der Waals surface area (Å²) in [5.74, 6) is 4.68. The first kappa shape index (κ1) is 65.7. The van der Waals surface area contributed by atoms with Crippen LogP contribution in [0.25, 0.3) is 0 Å². The Morgan fingerprint density at radius 3 is 2.09 bits per heavy atom. The predicted molar refractivity (Wildman–Crippen MR) is 329 cm³/mol. The number of methoxy groups -OCH3 is 2. The number of aliphatic imine (C=N–C) groups is 1. The number of nitrogens with zero attached hydrogens (tertiary/aromatic N) is 4. The molecule has 2 unspecified atom stereocenters. The second kappa shape index (κ2) is 28.8. The molecule has 90 heavy (non-hydrogen) atoms. The van der Waals surface area contributed by atoms with Crippen LogP contribution in [0.3, 0.4) is 0 Å². The van der Waals surface area contributed by atoms with E-state index in [4.69, 9.17) is 33.2 Å². The fourth-order valence-electron chi connectivity index (χ4n) is 11.5. The lowest BCUT2D eigenvalue weighted by atomic mass is 10.0. The number of amides is 7. The minimum absolute atomic E-state index is 0.0156. The predicted octanol–water partition coefficient (Wildman–Crippen LogP) is 5.42. The van der Waals surface area contributed by atoms with Crippen molar-refractivity contribution >= 4 is 75.2 Å². The first-order valence-electron chi connectivity index (χ1n) is 29.9. The Hall–Kier alpha value is -8.71. The standard InChI is InChI=1S/C63H77N9O17S/c1-35(2)55(67-54(73)34-85-23-20-38(5)68-90(81,82)69-62(79)89-56-43-14-11-9-10-12-15-44(43)56)58(75)65-39(6)57(74)66-41-18-16-40(17-19-41)33-88-63(80)72-48-29-53(51(84-8)27-46(48)60(77)71-32-37(4)25-49(71)61(72)78)87-22-13-21-86-52-28-47-45(26-50(52)83-7)59(76)70-31-36(3)24-42(70)30-64-47/h16-19,26-30,35,38-39,42-44,49,55-56,61,68,78H,3-4,11-15,20-25,31-34H2,1-2,5-8H3,(H,65,75)(H,66,74)(H,67,73)(H,69,79)/t38?,39-,42-,43-,44+,49-,55-,56?,61-/m0/s1. The van der Waals surface area contributed by atoms with Crippen molar-refractivity contribution in [1.82, 2.24) is 29.9 Å². The van der Waals surface area contributed by atoms with Gasteiger partial charge in [0.1, 0.15) is 31.4 Å². The van der Waals surface area contributed by atoms with Crippen molar-refractivity contribution in [3.63, 3.8) is 0 Å². The normalized spacial score (nSPS) is 21.6. The Morgan fingerprint density at radius 1 is 0.789 bits per heavy atom. The summed E-state index contributed by atoms with van der Waals surface area (Å²) in [6.45, 7) is 14.6. The molecule has 26 nitrogen and oxygen atoms in total. The van der Waals surface area contributed by atoms with E-state index in [0.29, 0.717) is 71.8 Å². The zero-order valence-corrected chi connectivity index (χ0v) is 52.0. The molecule has 2 aliphatic carbocycles. The van der Waals surface area contributed by atoms with Gasteiger partial charge in [0.15, 0.2) is 29.2 Å². The maximum Gasteiger partial charge on any atom is 0.422 e. The van der Waals surface area contributed by atoms with Gasteiger partial charge in [0, 0.05) is 80.9 Å². The highest BCUT2D eigenvalue weighted by Gasteiger charge is 2.52. The van der Waals surface area contributed by atoms with Gasteiger partial charge in [-0.05, 0) is 81.7 Å². The van der Waals surface area contributed by atoms with Crippen molar-refractivity contribution in [2.24, 2.45) is 22.7 Å². The minimum Gasteiger partial charge on any atom is -0.493 e. The average molecular weight is 1260 g/mol. The summed E-state index contributed by atoms with van der Waals surface area (Å²) >= 11 is 0. The molecule has 9 rings (SSSR count). The SMILES string of the molecule is C=C1C[C@H]2C=Nc3cc(OCCCOc4cc5c(cc4OC)C(=O)N4CC(=C)C[C@H]4[C@H](O)N5C(=O)OCc4ccc(NC(=O)[C@H](C)NC(=O)[C@@H](NC(=O)COCCC(C)NS(=O)(=O)NC(=O)OC5[C@H]6CCC#CCC[C@@H]56)C(C)C)cc4)c(OC)cc3C(=O)N2C1. The maximum absolute atomic E-state index is 14.2. The zero-order chi connectivity index (χ0) is 64.6. The first-order valence-corrected chi connectivity index (χ1v) is 31.4. The molecule has 3 fully saturated rings. The van der Waals surface area contributed by atoms with Crippen molar-refractivity contribution in [1.29, 1.82) is 0 Å². The second-order valence-corrected chi connectivity index (χ2v) is 24.9. The van der Waals surface area contributed by atoms with E-state index in [9.17, 15) is 47.1 Å². The highest BCUT2D eigenvalue weighted by Crippen LogP contribution is 2.49. The summed E-state index contributed by atoms with van der Waals surface area (Å²) in [6.07, 6.45) is 2.13. The van der Waals surface area contributed by atoms with Crippen LogP contribution in [-0.2, 0) is 45.4 Å². The number of hydrogen-bond acceptors (Lipinski definition) is 18. The molecule has 27 heteroatoms. The minimum atomic E-state index is -4.26. The van der Waals surface area contributed by atoms with E-state index in [1.54, 1.807) is 68.3 Å². The van der Waals surface area contributed by atoms with Crippen molar-refractivity contribution in [2.45, 2.75) is 128 Å². The number of ether oxygens (including phenoxy) is 7. The highest BCUT2D eigenvalue weighted by molar-refractivity contribution is 7.88. The van der Waals surface area contributed by atoms with Crippen LogP contribution in [0.1, 0.15) is 105 Å². The average Bonchev–Trinajstić information content (AvgIpc) is 1.61. The molecule has 1 saturated carbocycles. The van der Waals surface area contributed by atoms with Crippen molar-refractivity contribution in [2.75, 3.05) is 64.0 Å².